The van der Waals surface area contributed by atoms with Crippen molar-refractivity contribution < 1.29 is 14.7 Å². The second-order valence-electron chi connectivity index (χ2n) is 6.19. The van der Waals surface area contributed by atoms with Gasteiger partial charge in [0.2, 0.25) is 0 Å². The minimum absolute atomic E-state index is 0.414. The van der Waals surface area contributed by atoms with Crippen LogP contribution in [-0.4, -0.2) is 22.6 Å². The topological polar surface area (TPSA) is 78.4 Å². The number of aliphatic carboxylic acids is 1. The van der Waals surface area contributed by atoms with E-state index >= 15 is 0 Å². The molecule has 0 unspecified atom stereocenters. The van der Waals surface area contributed by atoms with E-state index in [0.29, 0.717) is 5.69 Å². The molecular weight excluding hydrogens is 268 g/mol. The van der Waals surface area contributed by atoms with Gasteiger partial charge in [-0.2, -0.15) is 0 Å². The second kappa shape index (κ2) is 6.16. The van der Waals surface area contributed by atoms with Gasteiger partial charge in [0.05, 0.1) is 11.0 Å². The van der Waals surface area contributed by atoms with Crippen molar-refractivity contribution in [2.24, 2.45) is 5.41 Å². The molecule has 116 valence electrons. The summed E-state index contributed by atoms with van der Waals surface area (Å²) in [6, 6.07) is 7.15. The molecule has 0 heterocycles. The molecule has 5 heteroatoms. The van der Waals surface area contributed by atoms with Gasteiger partial charge in [-0.25, -0.2) is 4.79 Å². The Morgan fingerprint density at radius 1 is 1.19 bits per heavy atom. The molecule has 0 radical (unpaired) electrons. The number of urea groups is 1. The van der Waals surface area contributed by atoms with Gasteiger partial charge in [-0.3, -0.25) is 4.79 Å². The van der Waals surface area contributed by atoms with E-state index in [1.54, 1.807) is 33.8 Å². The lowest BCUT2D eigenvalue weighted by atomic mass is 9.74. The van der Waals surface area contributed by atoms with Gasteiger partial charge in [0.25, 0.3) is 0 Å². The Balaban J connectivity index is 2.79. The van der Waals surface area contributed by atoms with Gasteiger partial charge in [0.15, 0.2) is 0 Å². The lowest BCUT2D eigenvalue weighted by molar-refractivity contribution is -0.150. The summed E-state index contributed by atoms with van der Waals surface area (Å²) in [5, 5.41) is 14.7. The Labute approximate surface area is 125 Å². The molecule has 0 aliphatic carbocycles. The second-order valence-corrected chi connectivity index (χ2v) is 6.19. The van der Waals surface area contributed by atoms with Gasteiger partial charge in [-0.1, -0.05) is 19.1 Å². The van der Waals surface area contributed by atoms with E-state index in [1.807, 2.05) is 25.1 Å². The zero-order valence-electron chi connectivity index (χ0n) is 13.3. The van der Waals surface area contributed by atoms with E-state index in [-0.39, 0.29) is 0 Å². The third-order valence-electron chi connectivity index (χ3n) is 4.12. The summed E-state index contributed by atoms with van der Waals surface area (Å²) in [4.78, 5) is 23.4. The molecule has 21 heavy (non-hydrogen) atoms. The quantitative estimate of drug-likeness (QED) is 0.779. The standard InChI is InChI=1S/C16H24N2O3/c1-6-11-8-7-9-12(10-11)17-14(21)18-16(4,5)15(2,3)13(19)20/h7-10H,6H2,1-5H3,(H,19,20)(H2,17,18,21). The zero-order valence-corrected chi connectivity index (χ0v) is 13.3. The number of aryl methyl sites for hydroxylation is 1. The van der Waals surface area contributed by atoms with Crippen LogP contribution in [0, 0.1) is 5.41 Å². The van der Waals surface area contributed by atoms with Gasteiger partial charge >= 0.3 is 12.0 Å². The van der Waals surface area contributed by atoms with Gasteiger partial charge in [-0.05, 0) is 51.8 Å². The van der Waals surface area contributed by atoms with Gasteiger partial charge < -0.3 is 15.7 Å². The van der Waals surface area contributed by atoms with Crippen LogP contribution >= 0.6 is 0 Å². The number of rotatable bonds is 5. The van der Waals surface area contributed by atoms with Crippen LogP contribution in [0.2, 0.25) is 0 Å². The number of hydrogen-bond acceptors (Lipinski definition) is 2. The monoisotopic (exact) mass is 292 g/mol. The molecule has 0 fully saturated rings. The zero-order chi connectivity index (χ0) is 16.3. The molecule has 0 atom stereocenters. The average molecular weight is 292 g/mol. The minimum Gasteiger partial charge on any atom is -0.481 e. The number of carboxylic acid groups (broad SMARTS) is 1. The maximum Gasteiger partial charge on any atom is 0.319 e. The number of amides is 2. The molecule has 5 nitrogen and oxygen atoms in total. The van der Waals surface area contributed by atoms with Crippen molar-refractivity contribution in [3.8, 4) is 0 Å². The molecule has 1 aromatic carbocycles. The Morgan fingerprint density at radius 3 is 2.33 bits per heavy atom. The Kier molecular flexibility index (Phi) is 4.99. The van der Waals surface area contributed by atoms with Gasteiger partial charge in [-0.15, -0.1) is 0 Å². The van der Waals surface area contributed by atoms with Crippen LogP contribution in [0.25, 0.3) is 0 Å². The Bertz CT molecular complexity index is 536. The fraction of sp³-hybridized carbons (Fsp3) is 0.500. The first-order valence-electron chi connectivity index (χ1n) is 7.01. The van der Waals surface area contributed by atoms with E-state index < -0.39 is 23.0 Å². The first kappa shape index (κ1) is 17.0. The van der Waals surface area contributed by atoms with E-state index in [1.165, 1.54) is 0 Å². The summed E-state index contributed by atoms with van der Waals surface area (Å²) in [5.41, 5.74) is -0.172. The maximum atomic E-state index is 12.1. The largest absolute Gasteiger partial charge is 0.481 e. The highest BCUT2D eigenvalue weighted by atomic mass is 16.4. The normalized spacial score (nSPS) is 11.9. The third-order valence-corrected chi connectivity index (χ3v) is 4.12. The van der Waals surface area contributed by atoms with E-state index in [9.17, 15) is 14.7 Å². The number of carbonyl (C=O) groups excluding carboxylic acids is 1. The fourth-order valence-corrected chi connectivity index (χ4v) is 1.74. The van der Waals surface area contributed by atoms with Crippen LogP contribution in [0.15, 0.2) is 24.3 Å². The molecule has 2 amide bonds. The number of anilines is 1. The number of benzene rings is 1. The lowest BCUT2D eigenvalue weighted by Gasteiger charge is -2.38. The van der Waals surface area contributed by atoms with Gasteiger partial charge in [0.1, 0.15) is 0 Å². The number of hydrogen-bond donors (Lipinski definition) is 3. The third kappa shape index (κ3) is 3.97. The Morgan fingerprint density at radius 2 is 1.81 bits per heavy atom. The highest BCUT2D eigenvalue weighted by Crippen LogP contribution is 2.30. The smallest absolute Gasteiger partial charge is 0.319 e. The molecule has 1 aromatic rings. The molecule has 0 bridgehead atoms. The predicted octanol–water partition coefficient (Wildman–Crippen LogP) is 3.26. The predicted molar refractivity (Wildman–Crippen MR) is 83.5 cm³/mol. The fourth-order valence-electron chi connectivity index (χ4n) is 1.74. The van der Waals surface area contributed by atoms with E-state index in [0.717, 1.165) is 12.0 Å². The number of carbonyl (C=O) groups is 2. The summed E-state index contributed by atoms with van der Waals surface area (Å²) in [5.74, 6) is -0.958. The Hall–Kier alpha value is -2.04. The molecule has 0 aliphatic heterocycles. The van der Waals surface area contributed by atoms with Crippen molar-refractivity contribution in [1.29, 1.82) is 0 Å². The SMILES string of the molecule is CCc1cccc(NC(=O)NC(C)(C)C(C)(C)C(=O)O)c1. The molecule has 0 aliphatic rings. The van der Waals surface area contributed by atoms with Crippen molar-refractivity contribution in [2.75, 3.05) is 5.32 Å². The van der Waals surface area contributed by atoms with Crippen LogP contribution in [0.5, 0.6) is 0 Å². The molecule has 0 spiro atoms. The lowest BCUT2D eigenvalue weighted by Crippen LogP contribution is -2.57. The van der Waals surface area contributed by atoms with Crippen LogP contribution in [0.3, 0.4) is 0 Å². The average Bonchev–Trinajstić information content (AvgIpc) is 2.37. The van der Waals surface area contributed by atoms with Crippen molar-refractivity contribution in [2.45, 2.75) is 46.6 Å². The van der Waals surface area contributed by atoms with Gasteiger partial charge in [0, 0.05) is 5.69 Å². The van der Waals surface area contributed by atoms with E-state index in [4.69, 9.17) is 0 Å². The highest BCUT2D eigenvalue weighted by Gasteiger charge is 2.44. The summed E-state index contributed by atoms with van der Waals surface area (Å²) in [6.45, 7) is 8.62. The maximum absolute atomic E-state index is 12.1. The molecule has 0 aromatic heterocycles. The molecule has 3 N–H and O–H groups in total. The molecule has 0 saturated carbocycles. The minimum atomic E-state index is -1.09. The summed E-state index contributed by atoms with van der Waals surface area (Å²) in [7, 11) is 0. The van der Waals surface area contributed by atoms with Crippen LogP contribution in [0.4, 0.5) is 10.5 Å². The van der Waals surface area contributed by atoms with Crippen molar-refractivity contribution in [1.82, 2.24) is 5.32 Å². The first-order chi connectivity index (χ1) is 9.60. The number of nitrogens with one attached hydrogen (secondary N) is 2. The number of carboxylic acids is 1. The van der Waals surface area contributed by atoms with Crippen molar-refractivity contribution in [3.63, 3.8) is 0 Å². The molecule has 0 saturated heterocycles. The first-order valence-corrected chi connectivity index (χ1v) is 7.01. The highest BCUT2D eigenvalue weighted by molar-refractivity contribution is 5.90. The summed E-state index contributed by atoms with van der Waals surface area (Å²) < 4.78 is 0. The van der Waals surface area contributed by atoms with Crippen LogP contribution < -0.4 is 10.6 Å². The van der Waals surface area contributed by atoms with Crippen LogP contribution in [0.1, 0.15) is 40.2 Å². The van der Waals surface area contributed by atoms with E-state index in [2.05, 4.69) is 10.6 Å². The van der Waals surface area contributed by atoms with Crippen molar-refractivity contribution >= 4 is 17.7 Å². The van der Waals surface area contributed by atoms with Crippen molar-refractivity contribution in [3.05, 3.63) is 29.8 Å². The van der Waals surface area contributed by atoms with Crippen LogP contribution in [-0.2, 0) is 11.2 Å². The molecular formula is C16H24N2O3. The summed E-state index contributed by atoms with van der Waals surface area (Å²) >= 11 is 0. The summed E-state index contributed by atoms with van der Waals surface area (Å²) in [6.07, 6.45) is 0.884. The molecule has 1 rings (SSSR count).